The fourth-order valence-electron chi connectivity index (χ4n) is 2.80. The number of fused-ring (bicyclic) bond motifs is 1. The molecule has 1 heterocycles. The van der Waals surface area contributed by atoms with Crippen LogP contribution in [-0.2, 0) is 0 Å². The number of furan rings is 1. The van der Waals surface area contributed by atoms with Crippen molar-refractivity contribution < 1.29 is 13.9 Å². The molecule has 4 heteroatoms. The van der Waals surface area contributed by atoms with Crippen LogP contribution in [0.1, 0.15) is 27.2 Å². The first-order chi connectivity index (χ1) is 11.0. The summed E-state index contributed by atoms with van der Waals surface area (Å²) in [6, 6.07) is 11.4. The Bertz CT molecular complexity index is 873. The third-order valence-electron chi connectivity index (χ3n) is 4.02. The first-order valence-electron chi connectivity index (χ1n) is 7.46. The van der Waals surface area contributed by atoms with Crippen LogP contribution in [0.4, 0.5) is 5.69 Å². The highest BCUT2D eigenvalue weighted by Crippen LogP contribution is 2.30. The summed E-state index contributed by atoms with van der Waals surface area (Å²) in [4.78, 5) is 12.8. The molecule has 0 saturated heterocycles. The van der Waals surface area contributed by atoms with Gasteiger partial charge in [0.1, 0.15) is 17.1 Å². The second-order valence-electron chi connectivity index (χ2n) is 5.62. The molecule has 0 aliphatic rings. The van der Waals surface area contributed by atoms with Crippen molar-refractivity contribution in [3.63, 3.8) is 0 Å². The third kappa shape index (κ3) is 2.68. The second-order valence-corrected chi connectivity index (χ2v) is 5.62. The van der Waals surface area contributed by atoms with Gasteiger partial charge in [0.05, 0.1) is 12.7 Å². The zero-order chi connectivity index (χ0) is 16.6. The van der Waals surface area contributed by atoms with Crippen LogP contribution in [0.5, 0.6) is 5.75 Å². The molecule has 0 atom stereocenters. The molecule has 3 rings (SSSR count). The minimum absolute atomic E-state index is 0.174. The highest BCUT2D eigenvalue weighted by Gasteiger charge is 2.20. The van der Waals surface area contributed by atoms with Gasteiger partial charge in [0.2, 0.25) is 0 Å². The number of carbonyl (C=O) groups is 1. The van der Waals surface area contributed by atoms with Crippen LogP contribution in [0, 0.1) is 20.8 Å². The van der Waals surface area contributed by atoms with E-state index in [1.807, 2.05) is 50.2 Å². The number of methoxy groups -OCH3 is 1. The van der Waals surface area contributed by atoms with Crippen LogP contribution in [0.15, 0.2) is 40.8 Å². The summed E-state index contributed by atoms with van der Waals surface area (Å²) in [7, 11) is 1.60. The van der Waals surface area contributed by atoms with Crippen molar-refractivity contribution >= 4 is 22.6 Å². The average molecular weight is 309 g/mol. The van der Waals surface area contributed by atoms with Crippen LogP contribution in [0.2, 0.25) is 0 Å². The number of ether oxygens (including phenoxy) is 1. The van der Waals surface area contributed by atoms with Gasteiger partial charge in [-0.3, -0.25) is 4.79 Å². The lowest BCUT2D eigenvalue weighted by Gasteiger charge is -2.11. The number of anilines is 1. The Balaban J connectivity index is 2.05. The third-order valence-corrected chi connectivity index (χ3v) is 4.02. The topological polar surface area (TPSA) is 51.5 Å². The predicted octanol–water partition coefficient (Wildman–Crippen LogP) is 4.62. The fourth-order valence-corrected chi connectivity index (χ4v) is 2.80. The summed E-state index contributed by atoms with van der Waals surface area (Å²) >= 11 is 0. The summed E-state index contributed by atoms with van der Waals surface area (Å²) < 4.78 is 11.0. The Labute approximate surface area is 135 Å². The molecule has 0 saturated carbocycles. The van der Waals surface area contributed by atoms with E-state index in [4.69, 9.17) is 9.15 Å². The summed E-state index contributed by atoms with van der Waals surface area (Å²) in [5.41, 5.74) is 4.12. The van der Waals surface area contributed by atoms with Crippen molar-refractivity contribution in [2.75, 3.05) is 12.4 Å². The van der Waals surface area contributed by atoms with Crippen molar-refractivity contribution in [2.45, 2.75) is 20.8 Å². The van der Waals surface area contributed by atoms with Gasteiger partial charge in [-0.2, -0.15) is 0 Å². The SMILES string of the molecule is COc1ccc2oc(C)c(C(=O)Nc3c(C)cccc3C)c2c1. The zero-order valence-electron chi connectivity index (χ0n) is 13.7. The number of hydrogen-bond donors (Lipinski definition) is 1. The number of aryl methyl sites for hydroxylation is 3. The summed E-state index contributed by atoms with van der Waals surface area (Å²) in [5, 5.41) is 3.77. The highest BCUT2D eigenvalue weighted by molar-refractivity contribution is 6.13. The van der Waals surface area contributed by atoms with Gasteiger partial charge in [-0.15, -0.1) is 0 Å². The average Bonchev–Trinajstić information content (AvgIpc) is 2.85. The van der Waals surface area contributed by atoms with Crippen molar-refractivity contribution in [1.29, 1.82) is 0 Å². The molecular formula is C19H19NO3. The molecule has 0 aliphatic heterocycles. The molecule has 0 fully saturated rings. The molecule has 1 aromatic heterocycles. The first-order valence-corrected chi connectivity index (χ1v) is 7.46. The van der Waals surface area contributed by atoms with E-state index >= 15 is 0 Å². The number of carbonyl (C=O) groups excluding carboxylic acids is 1. The molecule has 4 nitrogen and oxygen atoms in total. The van der Waals surface area contributed by atoms with E-state index in [-0.39, 0.29) is 5.91 Å². The maximum absolute atomic E-state index is 12.8. The minimum Gasteiger partial charge on any atom is -0.497 e. The van der Waals surface area contributed by atoms with Gasteiger partial charge >= 0.3 is 0 Å². The largest absolute Gasteiger partial charge is 0.497 e. The molecule has 0 spiro atoms. The van der Waals surface area contributed by atoms with E-state index in [9.17, 15) is 4.79 Å². The lowest BCUT2D eigenvalue weighted by Crippen LogP contribution is -2.14. The van der Waals surface area contributed by atoms with Gasteiger partial charge in [0.15, 0.2) is 0 Å². The number of amides is 1. The van der Waals surface area contributed by atoms with Gasteiger partial charge in [0.25, 0.3) is 5.91 Å². The Morgan fingerprint density at radius 3 is 2.43 bits per heavy atom. The summed E-state index contributed by atoms with van der Waals surface area (Å²) in [6.45, 7) is 5.75. The van der Waals surface area contributed by atoms with E-state index < -0.39 is 0 Å². The highest BCUT2D eigenvalue weighted by atomic mass is 16.5. The van der Waals surface area contributed by atoms with Crippen molar-refractivity contribution in [3.8, 4) is 5.75 Å². The van der Waals surface area contributed by atoms with Gasteiger partial charge < -0.3 is 14.5 Å². The van der Waals surface area contributed by atoms with Crippen molar-refractivity contribution in [3.05, 3.63) is 58.8 Å². The molecular weight excluding hydrogens is 290 g/mol. The van der Waals surface area contributed by atoms with Gasteiger partial charge in [0, 0.05) is 11.1 Å². The molecule has 118 valence electrons. The van der Waals surface area contributed by atoms with E-state index in [1.165, 1.54) is 0 Å². The van der Waals surface area contributed by atoms with Crippen LogP contribution < -0.4 is 10.1 Å². The number of nitrogens with one attached hydrogen (secondary N) is 1. The maximum atomic E-state index is 12.8. The Kier molecular flexibility index (Phi) is 3.82. The molecule has 0 aliphatic carbocycles. The Morgan fingerprint density at radius 2 is 1.78 bits per heavy atom. The molecule has 2 aromatic carbocycles. The number of benzene rings is 2. The lowest BCUT2D eigenvalue weighted by atomic mass is 10.1. The number of rotatable bonds is 3. The zero-order valence-corrected chi connectivity index (χ0v) is 13.7. The minimum atomic E-state index is -0.174. The standard InChI is InChI=1S/C19H19NO3/c1-11-6-5-7-12(2)18(11)20-19(21)17-13(3)23-16-9-8-14(22-4)10-15(16)17/h5-10H,1-4H3,(H,20,21). The first kappa shape index (κ1) is 15.2. The molecule has 3 aromatic rings. The van der Waals surface area contributed by atoms with Crippen molar-refractivity contribution in [1.82, 2.24) is 0 Å². The van der Waals surface area contributed by atoms with Crippen LogP contribution in [0.25, 0.3) is 11.0 Å². The molecule has 0 radical (unpaired) electrons. The molecule has 1 N–H and O–H groups in total. The van der Waals surface area contributed by atoms with Gasteiger partial charge in [-0.1, -0.05) is 18.2 Å². The van der Waals surface area contributed by atoms with Crippen LogP contribution in [-0.4, -0.2) is 13.0 Å². The van der Waals surface area contributed by atoms with Crippen molar-refractivity contribution in [2.24, 2.45) is 0 Å². The second kappa shape index (κ2) is 5.80. The Morgan fingerprint density at radius 1 is 1.09 bits per heavy atom. The molecule has 1 amide bonds. The van der Waals surface area contributed by atoms with E-state index in [2.05, 4.69) is 5.32 Å². The maximum Gasteiger partial charge on any atom is 0.259 e. The number of hydrogen-bond acceptors (Lipinski definition) is 3. The Hall–Kier alpha value is -2.75. The van der Waals surface area contributed by atoms with E-state index in [0.717, 1.165) is 22.2 Å². The normalized spacial score (nSPS) is 10.8. The van der Waals surface area contributed by atoms with Crippen LogP contribution >= 0.6 is 0 Å². The van der Waals surface area contributed by atoms with Gasteiger partial charge in [-0.25, -0.2) is 0 Å². The number of para-hydroxylation sites is 1. The van der Waals surface area contributed by atoms with Gasteiger partial charge in [-0.05, 0) is 50.1 Å². The smallest absolute Gasteiger partial charge is 0.259 e. The fraction of sp³-hybridized carbons (Fsp3) is 0.211. The molecule has 23 heavy (non-hydrogen) atoms. The lowest BCUT2D eigenvalue weighted by molar-refractivity contribution is 0.102. The molecule has 0 unspecified atom stereocenters. The monoisotopic (exact) mass is 309 g/mol. The molecule has 0 bridgehead atoms. The summed E-state index contributed by atoms with van der Waals surface area (Å²) in [5.74, 6) is 1.11. The quantitative estimate of drug-likeness (QED) is 0.768. The van der Waals surface area contributed by atoms with E-state index in [0.29, 0.717) is 22.7 Å². The summed E-state index contributed by atoms with van der Waals surface area (Å²) in [6.07, 6.45) is 0. The van der Waals surface area contributed by atoms with E-state index in [1.54, 1.807) is 14.0 Å². The predicted molar refractivity (Wildman–Crippen MR) is 91.4 cm³/mol. The van der Waals surface area contributed by atoms with Crippen LogP contribution in [0.3, 0.4) is 0 Å².